The van der Waals surface area contributed by atoms with Crippen molar-refractivity contribution in [1.82, 2.24) is 5.32 Å². The summed E-state index contributed by atoms with van der Waals surface area (Å²) in [4.78, 5) is 11.7. The molecule has 4 heteroatoms. The van der Waals surface area contributed by atoms with Crippen LogP contribution in [0.3, 0.4) is 0 Å². The average Bonchev–Trinajstić information content (AvgIpc) is 2.43. The minimum Gasteiger partial charge on any atom is -0.338 e. The van der Waals surface area contributed by atoms with E-state index >= 15 is 0 Å². The number of rotatable bonds is 4. The Labute approximate surface area is 117 Å². The Morgan fingerprint density at radius 2 is 1.80 bits per heavy atom. The number of aryl methyl sites for hydroxylation is 1. The van der Waals surface area contributed by atoms with Crippen molar-refractivity contribution in [3.8, 4) is 0 Å². The molecule has 2 aromatic rings. The number of para-hydroxylation sites is 1. The van der Waals surface area contributed by atoms with Gasteiger partial charge in [0, 0.05) is 6.54 Å². The highest BCUT2D eigenvalue weighted by atomic mass is 19.1. The molecule has 0 aliphatic carbocycles. The lowest BCUT2D eigenvalue weighted by molar-refractivity contribution is 0.252. The van der Waals surface area contributed by atoms with E-state index in [4.69, 9.17) is 0 Å². The summed E-state index contributed by atoms with van der Waals surface area (Å²) in [6.45, 7) is 2.54. The lowest BCUT2D eigenvalue weighted by atomic mass is 10.1. The van der Waals surface area contributed by atoms with Gasteiger partial charge in [-0.3, -0.25) is 0 Å². The first kappa shape index (κ1) is 14.1. The fraction of sp³-hybridized carbons (Fsp3) is 0.188. The van der Waals surface area contributed by atoms with Crippen LogP contribution in [-0.4, -0.2) is 12.6 Å². The van der Waals surface area contributed by atoms with Crippen molar-refractivity contribution >= 4 is 11.7 Å². The predicted octanol–water partition coefficient (Wildman–Crippen LogP) is 3.50. The number of hydrogen-bond acceptors (Lipinski definition) is 1. The van der Waals surface area contributed by atoms with E-state index in [0.29, 0.717) is 6.54 Å². The zero-order valence-corrected chi connectivity index (χ0v) is 11.3. The van der Waals surface area contributed by atoms with Gasteiger partial charge in [-0.15, -0.1) is 0 Å². The van der Waals surface area contributed by atoms with Gasteiger partial charge in [-0.05, 0) is 36.6 Å². The molecular formula is C16H17FN2O. The Kier molecular flexibility index (Phi) is 4.71. The maximum absolute atomic E-state index is 13.3. The number of nitrogens with one attached hydrogen (secondary N) is 2. The van der Waals surface area contributed by atoms with E-state index in [1.165, 1.54) is 23.3 Å². The molecule has 0 atom stereocenters. The van der Waals surface area contributed by atoms with Crippen molar-refractivity contribution in [3.05, 3.63) is 65.5 Å². The number of halogens is 1. The molecule has 2 rings (SSSR count). The number of urea groups is 1. The third-order valence-electron chi connectivity index (χ3n) is 3.06. The van der Waals surface area contributed by atoms with E-state index in [9.17, 15) is 9.18 Å². The molecule has 0 aliphatic rings. The molecule has 2 aromatic carbocycles. The molecule has 0 unspecified atom stereocenters. The van der Waals surface area contributed by atoms with Crippen LogP contribution in [0, 0.1) is 12.7 Å². The third-order valence-corrected chi connectivity index (χ3v) is 3.06. The Balaban J connectivity index is 1.82. The standard InChI is InChI=1S/C16H17FN2O/c1-12-6-2-3-7-13(12)10-11-18-16(20)19-15-9-5-4-8-14(15)17/h2-9H,10-11H2,1H3,(H2,18,19,20). The fourth-order valence-corrected chi connectivity index (χ4v) is 1.93. The number of carbonyl (C=O) groups is 1. The van der Waals surface area contributed by atoms with Gasteiger partial charge in [-0.25, -0.2) is 9.18 Å². The second-order valence-corrected chi connectivity index (χ2v) is 4.54. The minimum atomic E-state index is -0.443. The summed E-state index contributed by atoms with van der Waals surface area (Å²) in [5.74, 6) is -0.443. The van der Waals surface area contributed by atoms with E-state index in [2.05, 4.69) is 10.6 Å². The van der Waals surface area contributed by atoms with Gasteiger partial charge in [0.15, 0.2) is 0 Å². The first-order chi connectivity index (χ1) is 9.66. The van der Waals surface area contributed by atoms with Gasteiger partial charge in [0.1, 0.15) is 5.82 Å². The smallest absolute Gasteiger partial charge is 0.319 e. The Morgan fingerprint density at radius 1 is 1.10 bits per heavy atom. The summed E-state index contributed by atoms with van der Waals surface area (Å²) in [5, 5.41) is 5.20. The van der Waals surface area contributed by atoms with Crippen molar-refractivity contribution in [2.45, 2.75) is 13.3 Å². The van der Waals surface area contributed by atoms with Gasteiger partial charge in [-0.1, -0.05) is 36.4 Å². The van der Waals surface area contributed by atoms with E-state index in [1.54, 1.807) is 12.1 Å². The van der Waals surface area contributed by atoms with Crippen LogP contribution in [-0.2, 0) is 6.42 Å². The molecule has 0 fully saturated rings. The van der Waals surface area contributed by atoms with E-state index in [0.717, 1.165) is 6.42 Å². The summed E-state index contributed by atoms with van der Waals surface area (Å²) in [7, 11) is 0. The highest BCUT2D eigenvalue weighted by Gasteiger charge is 2.05. The molecule has 2 amide bonds. The van der Waals surface area contributed by atoms with Crippen molar-refractivity contribution in [2.75, 3.05) is 11.9 Å². The molecule has 0 saturated heterocycles. The van der Waals surface area contributed by atoms with Crippen molar-refractivity contribution in [2.24, 2.45) is 0 Å². The molecule has 3 nitrogen and oxygen atoms in total. The highest BCUT2D eigenvalue weighted by molar-refractivity contribution is 5.89. The number of hydrogen-bond donors (Lipinski definition) is 2. The van der Waals surface area contributed by atoms with Gasteiger partial charge >= 0.3 is 6.03 Å². The van der Waals surface area contributed by atoms with Crippen LogP contribution in [0.2, 0.25) is 0 Å². The van der Waals surface area contributed by atoms with Gasteiger partial charge in [0.25, 0.3) is 0 Å². The molecule has 104 valence electrons. The molecule has 0 spiro atoms. The molecule has 0 radical (unpaired) electrons. The molecular weight excluding hydrogens is 255 g/mol. The van der Waals surface area contributed by atoms with Crippen LogP contribution in [0.4, 0.5) is 14.9 Å². The summed E-state index contributed by atoms with van der Waals surface area (Å²) in [6, 6.07) is 13.7. The summed E-state index contributed by atoms with van der Waals surface area (Å²) >= 11 is 0. The van der Waals surface area contributed by atoms with Crippen LogP contribution in [0.1, 0.15) is 11.1 Å². The first-order valence-corrected chi connectivity index (χ1v) is 6.50. The lowest BCUT2D eigenvalue weighted by Crippen LogP contribution is -2.30. The first-order valence-electron chi connectivity index (χ1n) is 6.50. The van der Waals surface area contributed by atoms with Gasteiger partial charge in [0.05, 0.1) is 5.69 Å². The topological polar surface area (TPSA) is 41.1 Å². The second-order valence-electron chi connectivity index (χ2n) is 4.54. The summed E-state index contributed by atoms with van der Waals surface area (Å²) in [5.41, 5.74) is 2.57. The number of anilines is 1. The van der Waals surface area contributed by atoms with Crippen molar-refractivity contribution in [3.63, 3.8) is 0 Å². The average molecular weight is 272 g/mol. The third kappa shape index (κ3) is 3.82. The van der Waals surface area contributed by atoms with Gasteiger partial charge in [0.2, 0.25) is 0 Å². The monoisotopic (exact) mass is 272 g/mol. The van der Waals surface area contributed by atoms with E-state index in [1.807, 2.05) is 31.2 Å². The number of benzene rings is 2. The van der Waals surface area contributed by atoms with Crippen molar-refractivity contribution in [1.29, 1.82) is 0 Å². The normalized spacial score (nSPS) is 10.1. The quantitative estimate of drug-likeness (QED) is 0.878. The maximum atomic E-state index is 13.3. The molecule has 0 heterocycles. The Bertz CT molecular complexity index is 599. The number of amides is 2. The second kappa shape index (κ2) is 6.70. The minimum absolute atomic E-state index is 0.181. The van der Waals surface area contributed by atoms with Crippen LogP contribution >= 0.6 is 0 Å². The van der Waals surface area contributed by atoms with E-state index in [-0.39, 0.29) is 5.69 Å². The Morgan fingerprint density at radius 3 is 2.55 bits per heavy atom. The zero-order valence-electron chi connectivity index (χ0n) is 11.3. The Hall–Kier alpha value is -2.36. The molecule has 2 N–H and O–H groups in total. The lowest BCUT2D eigenvalue weighted by Gasteiger charge is -2.09. The summed E-state index contributed by atoms with van der Waals surface area (Å²) < 4.78 is 13.3. The molecule has 0 aromatic heterocycles. The van der Waals surface area contributed by atoms with Crippen LogP contribution in [0.15, 0.2) is 48.5 Å². The molecule has 0 bridgehead atoms. The fourth-order valence-electron chi connectivity index (χ4n) is 1.93. The maximum Gasteiger partial charge on any atom is 0.319 e. The largest absolute Gasteiger partial charge is 0.338 e. The van der Waals surface area contributed by atoms with Crippen molar-refractivity contribution < 1.29 is 9.18 Å². The predicted molar refractivity (Wildman–Crippen MR) is 78.3 cm³/mol. The van der Waals surface area contributed by atoms with Gasteiger partial charge < -0.3 is 10.6 Å². The van der Waals surface area contributed by atoms with Gasteiger partial charge in [-0.2, -0.15) is 0 Å². The molecule has 0 saturated carbocycles. The zero-order chi connectivity index (χ0) is 14.4. The summed E-state index contributed by atoms with van der Waals surface area (Å²) in [6.07, 6.45) is 0.747. The highest BCUT2D eigenvalue weighted by Crippen LogP contribution is 2.12. The van der Waals surface area contributed by atoms with Crippen LogP contribution in [0.5, 0.6) is 0 Å². The van der Waals surface area contributed by atoms with Crippen LogP contribution in [0.25, 0.3) is 0 Å². The number of carbonyl (C=O) groups excluding carboxylic acids is 1. The SMILES string of the molecule is Cc1ccccc1CCNC(=O)Nc1ccccc1F. The molecule has 20 heavy (non-hydrogen) atoms. The van der Waals surface area contributed by atoms with Crippen LogP contribution < -0.4 is 10.6 Å². The van der Waals surface area contributed by atoms with E-state index < -0.39 is 11.8 Å². The molecule has 0 aliphatic heterocycles.